The maximum Gasteiger partial charge on any atom is 0.341 e. The third-order valence-corrected chi connectivity index (χ3v) is 5.32. The van der Waals surface area contributed by atoms with Crippen LogP contribution in [-0.4, -0.2) is 39.3 Å². The van der Waals surface area contributed by atoms with Crippen molar-refractivity contribution in [1.82, 2.24) is 4.90 Å². The minimum Gasteiger partial charge on any atom is -0.493 e. The lowest BCUT2D eigenvalue weighted by molar-refractivity contribution is 0.234. The number of rotatable bonds is 9. The van der Waals surface area contributed by atoms with Crippen LogP contribution in [-0.2, 0) is 16.4 Å². The Balaban J connectivity index is 1.78. The summed E-state index contributed by atoms with van der Waals surface area (Å²) in [6.07, 6.45) is 0.793. The van der Waals surface area contributed by atoms with E-state index in [1.807, 2.05) is 24.1 Å². The van der Waals surface area contributed by atoms with Crippen molar-refractivity contribution in [3.63, 3.8) is 0 Å². The Morgan fingerprint density at radius 1 is 1.15 bits per heavy atom. The van der Waals surface area contributed by atoms with Crippen molar-refractivity contribution in [2.75, 3.05) is 20.2 Å². The van der Waals surface area contributed by atoms with E-state index in [0.717, 1.165) is 24.3 Å². The van der Waals surface area contributed by atoms with Crippen LogP contribution in [0.25, 0.3) is 0 Å². The minimum absolute atomic E-state index is 0.367. The van der Waals surface area contributed by atoms with E-state index in [9.17, 15) is 17.2 Å². The van der Waals surface area contributed by atoms with Crippen molar-refractivity contribution in [2.45, 2.75) is 23.6 Å². The summed E-state index contributed by atoms with van der Waals surface area (Å²) < 4.78 is 53.4. The molecule has 0 fully saturated rings. The van der Waals surface area contributed by atoms with E-state index in [1.54, 1.807) is 24.3 Å². The van der Waals surface area contributed by atoms with E-state index in [0.29, 0.717) is 18.2 Å². The largest absolute Gasteiger partial charge is 0.493 e. The quantitative estimate of drug-likeness (QED) is 0.587. The molecule has 0 atom stereocenters. The Bertz CT molecular complexity index is 813. The zero-order valence-electron chi connectivity index (χ0n) is 14.2. The van der Waals surface area contributed by atoms with Crippen molar-refractivity contribution in [3.8, 4) is 5.75 Å². The molecular weight excluding hydrogens is 384 g/mol. The van der Waals surface area contributed by atoms with Crippen LogP contribution in [0.3, 0.4) is 0 Å². The highest BCUT2D eigenvalue weighted by Crippen LogP contribution is 2.19. The Hall–Kier alpha value is -1.70. The first-order chi connectivity index (χ1) is 12.3. The number of hydrogen-bond acceptors (Lipinski definition) is 4. The maximum absolute atomic E-state index is 12.5. The van der Waals surface area contributed by atoms with Gasteiger partial charge in [0.25, 0.3) is 0 Å². The summed E-state index contributed by atoms with van der Waals surface area (Å²) in [5, 5.41) is 0.622. The maximum atomic E-state index is 12.5. The fourth-order valence-corrected chi connectivity index (χ4v) is 3.26. The monoisotopic (exact) mass is 403 g/mol. The fourth-order valence-electron chi connectivity index (χ4n) is 2.36. The molecule has 2 rings (SSSR count). The van der Waals surface area contributed by atoms with Gasteiger partial charge in [-0.15, -0.1) is 0 Å². The lowest BCUT2D eigenvalue weighted by Crippen LogP contribution is -2.21. The van der Waals surface area contributed by atoms with Crippen LogP contribution in [0.2, 0.25) is 5.02 Å². The molecule has 0 aliphatic carbocycles. The van der Waals surface area contributed by atoms with Gasteiger partial charge in [0.1, 0.15) is 5.75 Å². The van der Waals surface area contributed by atoms with Crippen LogP contribution in [0, 0.1) is 0 Å². The van der Waals surface area contributed by atoms with E-state index in [-0.39, 0.29) is 4.90 Å². The molecule has 2 aromatic carbocycles. The van der Waals surface area contributed by atoms with Crippen LogP contribution in [0.5, 0.6) is 5.75 Å². The number of hydrogen-bond donors (Lipinski definition) is 0. The van der Waals surface area contributed by atoms with Gasteiger partial charge in [-0.1, -0.05) is 29.8 Å². The average molecular weight is 404 g/mol. The lowest BCUT2D eigenvalue weighted by Gasteiger charge is -2.17. The van der Waals surface area contributed by atoms with Gasteiger partial charge in [0.05, 0.1) is 11.5 Å². The highest BCUT2D eigenvalue weighted by molar-refractivity contribution is 7.91. The Kier molecular flexibility index (Phi) is 7.37. The highest BCUT2D eigenvalue weighted by atomic mass is 35.5. The molecule has 0 saturated heterocycles. The Labute approximate surface area is 157 Å². The van der Waals surface area contributed by atoms with Gasteiger partial charge in [-0.25, -0.2) is 8.42 Å². The van der Waals surface area contributed by atoms with Gasteiger partial charge in [0.2, 0.25) is 9.84 Å². The molecular formula is C18H20ClF2NO3S. The predicted molar refractivity (Wildman–Crippen MR) is 97.5 cm³/mol. The number of halogens is 3. The molecule has 0 aliphatic rings. The predicted octanol–water partition coefficient (Wildman–Crippen LogP) is 4.24. The molecule has 0 aliphatic heterocycles. The summed E-state index contributed by atoms with van der Waals surface area (Å²) in [5.41, 5.74) is 0.844. The van der Waals surface area contributed by atoms with Crippen LogP contribution in [0.15, 0.2) is 53.4 Å². The summed E-state index contributed by atoms with van der Waals surface area (Å²) in [5.74, 6) is -2.69. The molecule has 4 nitrogen and oxygen atoms in total. The number of ether oxygens (including phenoxy) is 1. The summed E-state index contributed by atoms with van der Waals surface area (Å²) in [6, 6.07) is 12.7. The summed E-state index contributed by atoms with van der Waals surface area (Å²) in [7, 11) is -2.62. The van der Waals surface area contributed by atoms with Gasteiger partial charge in [0.15, 0.2) is 0 Å². The molecule has 0 N–H and O–H groups in total. The van der Waals surface area contributed by atoms with Crippen molar-refractivity contribution < 1.29 is 21.9 Å². The molecule has 0 saturated carbocycles. The average Bonchev–Trinajstić information content (AvgIpc) is 2.59. The van der Waals surface area contributed by atoms with Gasteiger partial charge >= 0.3 is 5.76 Å². The summed E-state index contributed by atoms with van der Waals surface area (Å²) in [4.78, 5) is 1.67. The molecule has 26 heavy (non-hydrogen) atoms. The number of benzene rings is 2. The Morgan fingerprint density at radius 2 is 1.85 bits per heavy atom. The number of nitrogens with zero attached hydrogens (tertiary/aromatic N) is 1. The van der Waals surface area contributed by atoms with Gasteiger partial charge in [-0.05, 0) is 49.4 Å². The molecule has 0 bridgehead atoms. The van der Waals surface area contributed by atoms with Gasteiger partial charge < -0.3 is 9.64 Å². The molecule has 0 amide bonds. The summed E-state index contributed by atoms with van der Waals surface area (Å²) >= 11 is 5.89. The van der Waals surface area contributed by atoms with Crippen molar-refractivity contribution in [3.05, 3.63) is 59.1 Å². The van der Waals surface area contributed by atoms with Gasteiger partial charge in [-0.2, -0.15) is 8.78 Å². The van der Waals surface area contributed by atoms with E-state index in [2.05, 4.69) is 0 Å². The molecule has 0 aromatic heterocycles. The zero-order chi connectivity index (χ0) is 19.2. The first kappa shape index (κ1) is 20.6. The molecule has 0 unspecified atom stereocenters. The topological polar surface area (TPSA) is 46.6 Å². The smallest absolute Gasteiger partial charge is 0.341 e. The molecule has 0 radical (unpaired) electrons. The van der Waals surface area contributed by atoms with Crippen LogP contribution >= 0.6 is 11.6 Å². The second-order valence-electron chi connectivity index (χ2n) is 5.85. The van der Waals surface area contributed by atoms with E-state index >= 15 is 0 Å². The standard InChI is InChI=1S/C18H20ClF2NO3S/c1-22(10-3-11-25-16-5-2-4-15(19)12-16)13-14-6-8-17(9-7-14)26(23,24)18(20)21/h2,4-9,12,18H,3,10-11,13H2,1H3. The van der Waals surface area contributed by atoms with E-state index in [4.69, 9.17) is 16.3 Å². The molecule has 0 spiro atoms. The first-order valence-corrected chi connectivity index (χ1v) is 9.89. The zero-order valence-corrected chi connectivity index (χ0v) is 15.8. The second-order valence-corrected chi connectivity index (χ2v) is 8.20. The third-order valence-electron chi connectivity index (χ3n) is 3.69. The van der Waals surface area contributed by atoms with Gasteiger partial charge in [0, 0.05) is 18.1 Å². The Morgan fingerprint density at radius 3 is 2.46 bits per heavy atom. The van der Waals surface area contributed by atoms with Crippen LogP contribution < -0.4 is 4.74 Å². The van der Waals surface area contributed by atoms with Crippen LogP contribution in [0.1, 0.15) is 12.0 Å². The van der Waals surface area contributed by atoms with Gasteiger partial charge in [-0.3, -0.25) is 0 Å². The third kappa shape index (κ3) is 5.93. The molecule has 142 valence electrons. The highest BCUT2D eigenvalue weighted by Gasteiger charge is 2.26. The first-order valence-electron chi connectivity index (χ1n) is 7.97. The normalized spacial score (nSPS) is 11.9. The molecule has 2 aromatic rings. The lowest BCUT2D eigenvalue weighted by atomic mass is 10.2. The van der Waals surface area contributed by atoms with Crippen LogP contribution in [0.4, 0.5) is 8.78 Å². The number of sulfone groups is 1. The second kappa shape index (κ2) is 9.30. The molecule has 0 heterocycles. The molecule has 8 heteroatoms. The number of alkyl halides is 2. The minimum atomic E-state index is -4.54. The SMILES string of the molecule is CN(CCCOc1cccc(Cl)c1)Cc1ccc(S(=O)(=O)C(F)F)cc1. The van der Waals surface area contributed by atoms with Crippen molar-refractivity contribution >= 4 is 21.4 Å². The van der Waals surface area contributed by atoms with E-state index < -0.39 is 15.6 Å². The fraction of sp³-hybridized carbons (Fsp3) is 0.333. The summed E-state index contributed by atoms with van der Waals surface area (Å²) in [6.45, 7) is 1.88. The van der Waals surface area contributed by atoms with E-state index in [1.165, 1.54) is 12.1 Å². The van der Waals surface area contributed by atoms with Crippen molar-refractivity contribution in [1.29, 1.82) is 0 Å². The van der Waals surface area contributed by atoms with Crippen molar-refractivity contribution in [2.24, 2.45) is 0 Å².